The Labute approximate surface area is 155 Å². The smallest absolute Gasteiger partial charge is 0.254 e. The van der Waals surface area contributed by atoms with Gasteiger partial charge in [0.25, 0.3) is 5.91 Å². The van der Waals surface area contributed by atoms with Gasteiger partial charge in [0.05, 0.1) is 22.3 Å². The molecule has 0 aliphatic rings. The van der Waals surface area contributed by atoms with Gasteiger partial charge >= 0.3 is 0 Å². The van der Waals surface area contributed by atoms with Crippen molar-refractivity contribution in [1.82, 2.24) is 4.90 Å². The van der Waals surface area contributed by atoms with Crippen LogP contribution in [0.2, 0.25) is 10.0 Å². The van der Waals surface area contributed by atoms with Crippen LogP contribution in [0.4, 0.5) is 5.69 Å². The second-order valence-electron chi connectivity index (χ2n) is 5.04. The van der Waals surface area contributed by atoms with E-state index in [1.165, 1.54) is 22.7 Å². The van der Waals surface area contributed by atoms with E-state index in [1.54, 1.807) is 19.2 Å². The molecule has 2 amide bonds. The number of anilines is 1. The molecule has 7 heteroatoms. The highest BCUT2D eigenvalue weighted by Crippen LogP contribution is 2.25. The van der Waals surface area contributed by atoms with Crippen molar-refractivity contribution >= 4 is 52.5 Å². The lowest BCUT2D eigenvalue weighted by molar-refractivity contribution is -0.116. The predicted octanol–water partition coefficient (Wildman–Crippen LogP) is 4.43. The minimum Gasteiger partial charge on any atom is -0.332 e. The number of amides is 2. The summed E-state index contributed by atoms with van der Waals surface area (Å²) >= 11 is 13.3. The first-order chi connectivity index (χ1) is 11.4. The molecule has 0 aliphatic carbocycles. The third-order valence-electron chi connectivity index (χ3n) is 3.28. The minimum absolute atomic E-state index is 0.0677. The van der Waals surface area contributed by atoms with Crippen LogP contribution in [0.25, 0.3) is 0 Å². The standard InChI is InChI=1S/C17H16Cl2N2O2S/c1-21(17(23)11-7-8-12(18)13(19)9-11)10-16(22)20-14-5-3-4-6-15(14)24-2/h3-9H,10H2,1-2H3,(H,20,22). The van der Waals surface area contributed by atoms with E-state index in [2.05, 4.69) is 5.32 Å². The van der Waals surface area contributed by atoms with Gasteiger partial charge in [0, 0.05) is 17.5 Å². The number of rotatable bonds is 5. The first-order valence-corrected chi connectivity index (χ1v) is 9.04. The highest BCUT2D eigenvalue weighted by atomic mass is 35.5. The number of carbonyl (C=O) groups is 2. The van der Waals surface area contributed by atoms with Crippen molar-refractivity contribution in [2.75, 3.05) is 25.2 Å². The van der Waals surface area contributed by atoms with Gasteiger partial charge in [-0.3, -0.25) is 9.59 Å². The number of benzene rings is 2. The van der Waals surface area contributed by atoms with Crippen LogP contribution in [-0.2, 0) is 4.79 Å². The van der Waals surface area contributed by atoms with Gasteiger partial charge in [0.15, 0.2) is 0 Å². The molecule has 0 fully saturated rings. The average molecular weight is 383 g/mol. The summed E-state index contributed by atoms with van der Waals surface area (Å²) in [6, 6.07) is 12.1. The fraction of sp³-hybridized carbons (Fsp3) is 0.176. The van der Waals surface area contributed by atoms with E-state index in [1.807, 2.05) is 30.5 Å². The lowest BCUT2D eigenvalue weighted by atomic mass is 10.2. The molecule has 24 heavy (non-hydrogen) atoms. The average Bonchev–Trinajstić information content (AvgIpc) is 2.57. The Morgan fingerprint density at radius 1 is 1.12 bits per heavy atom. The number of hydrogen-bond acceptors (Lipinski definition) is 3. The summed E-state index contributed by atoms with van der Waals surface area (Å²) in [4.78, 5) is 26.8. The highest BCUT2D eigenvalue weighted by molar-refractivity contribution is 7.98. The Morgan fingerprint density at radius 3 is 2.50 bits per heavy atom. The number of nitrogens with zero attached hydrogens (tertiary/aromatic N) is 1. The Balaban J connectivity index is 2.02. The van der Waals surface area contributed by atoms with E-state index in [0.29, 0.717) is 15.6 Å². The van der Waals surface area contributed by atoms with Crippen molar-refractivity contribution in [2.45, 2.75) is 4.90 Å². The van der Waals surface area contributed by atoms with Crippen molar-refractivity contribution in [1.29, 1.82) is 0 Å². The van der Waals surface area contributed by atoms with Crippen LogP contribution in [-0.4, -0.2) is 36.6 Å². The van der Waals surface area contributed by atoms with Crippen molar-refractivity contribution in [3.05, 3.63) is 58.1 Å². The Bertz CT molecular complexity index is 768. The summed E-state index contributed by atoms with van der Waals surface area (Å²) in [5.74, 6) is -0.575. The highest BCUT2D eigenvalue weighted by Gasteiger charge is 2.16. The number of carbonyl (C=O) groups excluding carboxylic acids is 2. The number of para-hydroxylation sites is 1. The molecule has 0 saturated carbocycles. The van der Waals surface area contributed by atoms with Crippen LogP contribution >= 0.6 is 35.0 Å². The quantitative estimate of drug-likeness (QED) is 0.778. The molecular weight excluding hydrogens is 367 g/mol. The molecular formula is C17H16Cl2N2O2S. The molecule has 0 radical (unpaired) electrons. The molecule has 0 bridgehead atoms. The van der Waals surface area contributed by atoms with Crippen LogP contribution in [0.3, 0.4) is 0 Å². The van der Waals surface area contributed by atoms with E-state index in [-0.39, 0.29) is 18.4 Å². The molecule has 4 nitrogen and oxygen atoms in total. The number of likely N-dealkylation sites (N-methyl/N-ethyl adjacent to an activating group) is 1. The maximum atomic E-state index is 12.4. The molecule has 0 spiro atoms. The van der Waals surface area contributed by atoms with Crippen LogP contribution in [0.5, 0.6) is 0 Å². The summed E-state index contributed by atoms with van der Waals surface area (Å²) in [5.41, 5.74) is 1.11. The molecule has 0 unspecified atom stereocenters. The third kappa shape index (κ3) is 4.66. The van der Waals surface area contributed by atoms with Crippen LogP contribution < -0.4 is 5.32 Å². The largest absolute Gasteiger partial charge is 0.332 e. The van der Waals surface area contributed by atoms with Gasteiger partial charge < -0.3 is 10.2 Å². The molecule has 0 atom stereocenters. The van der Waals surface area contributed by atoms with Gasteiger partial charge in [-0.05, 0) is 36.6 Å². The van der Waals surface area contributed by atoms with E-state index < -0.39 is 0 Å². The van der Waals surface area contributed by atoms with Gasteiger partial charge in [-0.15, -0.1) is 11.8 Å². The molecule has 0 aromatic heterocycles. The molecule has 0 saturated heterocycles. The normalized spacial score (nSPS) is 10.3. The van der Waals surface area contributed by atoms with Crippen molar-refractivity contribution in [2.24, 2.45) is 0 Å². The molecule has 2 rings (SSSR count). The zero-order valence-corrected chi connectivity index (χ0v) is 15.5. The summed E-state index contributed by atoms with van der Waals surface area (Å²) < 4.78 is 0. The van der Waals surface area contributed by atoms with Crippen molar-refractivity contribution < 1.29 is 9.59 Å². The monoisotopic (exact) mass is 382 g/mol. The zero-order chi connectivity index (χ0) is 17.7. The summed E-state index contributed by atoms with van der Waals surface area (Å²) in [7, 11) is 1.56. The Kier molecular flexibility index (Phi) is 6.54. The van der Waals surface area contributed by atoms with Crippen molar-refractivity contribution in [3.8, 4) is 0 Å². The Morgan fingerprint density at radius 2 is 1.83 bits per heavy atom. The third-order valence-corrected chi connectivity index (χ3v) is 4.81. The minimum atomic E-state index is -0.304. The molecule has 0 heterocycles. The zero-order valence-electron chi connectivity index (χ0n) is 13.2. The molecule has 2 aromatic rings. The fourth-order valence-corrected chi connectivity index (χ4v) is 2.93. The molecule has 2 aromatic carbocycles. The van der Waals surface area contributed by atoms with Gasteiger partial charge in [0.1, 0.15) is 0 Å². The van der Waals surface area contributed by atoms with Gasteiger partial charge in [-0.25, -0.2) is 0 Å². The van der Waals surface area contributed by atoms with Crippen LogP contribution in [0, 0.1) is 0 Å². The lowest BCUT2D eigenvalue weighted by Crippen LogP contribution is -2.35. The van der Waals surface area contributed by atoms with Crippen molar-refractivity contribution in [3.63, 3.8) is 0 Å². The van der Waals surface area contributed by atoms with Gasteiger partial charge in [0.2, 0.25) is 5.91 Å². The topological polar surface area (TPSA) is 49.4 Å². The number of hydrogen-bond donors (Lipinski definition) is 1. The van der Waals surface area contributed by atoms with Crippen LogP contribution in [0.1, 0.15) is 10.4 Å². The number of halogens is 2. The SMILES string of the molecule is CSc1ccccc1NC(=O)CN(C)C(=O)c1ccc(Cl)c(Cl)c1. The second kappa shape index (κ2) is 8.42. The first-order valence-electron chi connectivity index (χ1n) is 7.05. The number of thioether (sulfide) groups is 1. The van der Waals surface area contributed by atoms with E-state index in [4.69, 9.17) is 23.2 Å². The summed E-state index contributed by atoms with van der Waals surface area (Å²) in [6.07, 6.45) is 1.94. The summed E-state index contributed by atoms with van der Waals surface area (Å²) in [6.45, 7) is -0.0677. The number of nitrogens with one attached hydrogen (secondary N) is 1. The first kappa shape index (κ1) is 18.6. The maximum Gasteiger partial charge on any atom is 0.254 e. The predicted molar refractivity (Wildman–Crippen MR) is 100 cm³/mol. The van der Waals surface area contributed by atoms with Crippen LogP contribution in [0.15, 0.2) is 47.4 Å². The lowest BCUT2D eigenvalue weighted by Gasteiger charge is -2.18. The molecule has 0 aliphatic heterocycles. The maximum absolute atomic E-state index is 12.4. The van der Waals surface area contributed by atoms with Gasteiger partial charge in [-0.1, -0.05) is 35.3 Å². The Hall–Kier alpha value is -1.69. The van der Waals surface area contributed by atoms with Gasteiger partial charge in [-0.2, -0.15) is 0 Å². The summed E-state index contributed by atoms with van der Waals surface area (Å²) in [5, 5.41) is 3.50. The van der Waals surface area contributed by atoms with E-state index >= 15 is 0 Å². The molecule has 1 N–H and O–H groups in total. The second-order valence-corrected chi connectivity index (χ2v) is 6.70. The van der Waals surface area contributed by atoms with E-state index in [0.717, 1.165) is 10.6 Å². The molecule has 126 valence electrons. The fourth-order valence-electron chi connectivity index (χ4n) is 2.07. The van der Waals surface area contributed by atoms with E-state index in [9.17, 15) is 9.59 Å².